The number of nitrogens with one attached hydrogen (secondary N) is 1. The minimum absolute atomic E-state index is 0.0128. The van der Waals surface area contributed by atoms with Crippen LogP contribution in [0.1, 0.15) is 26.3 Å². The Morgan fingerprint density at radius 2 is 1.38 bits per heavy atom. The first-order valence-electron chi connectivity index (χ1n) is 12.3. The molecule has 0 aliphatic heterocycles. The van der Waals surface area contributed by atoms with Gasteiger partial charge in [0.1, 0.15) is 12.6 Å². The van der Waals surface area contributed by atoms with Crippen molar-refractivity contribution in [2.75, 3.05) is 17.4 Å². The van der Waals surface area contributed by atoms with Gasteiger partial charge in [0.05, 0.1) is 15.6 Å². The number of para-hydroxylation sites is 1. The molecule has 0 aliphatic rings. The van der Waals surface area contributed by atoms with Gasteiger partial charge in [-0.15, -0.1) is 0 Å². The first-order valence-corrected chi connectivity index (χ1v) is 14.8. The van der Waals surface area contributed by atoms with Crippen molar-refractivity contribution < 1.29 is 18.0 Å². The maximum Gasteiger partial charge on any atom is 0.264 e. The van der Waals surface area contributed by atoms with E-state index in [1.807, 2.05) is 13.8 Å². The maximum absolute atomic E-state index is 13.9. The lowest BCUT2D eigenvalue weighted by Crippen LogP contribution is -2.51. The van der Waals surface area contributed by atoms with Gasteiger partial charge >= 0.3 is 0 Å². The predicted molar refractivity (Wildman–Crippen MR) is 157 cm³/mol. The molecule has 3 rings (SSSR count). The number of rotatable bonds is 11. The molecule has 1 N–H and O–H groups in total. The molecule has 39 heavy (non-hydrogen) atoms. The van der Waals surface area contributed by atoms with Crippen LogP contribution in [0.2, 0.25) is 15.1 Å². The molecule has 0 aromatic heterocycles. The summed E-state index contributed by atoms with van der Waals surface area (Å²) in [6.07, 6.45) is 0. The highest BCUT2D eigenvalue weighted by molar-refractivity contribution is 7.92. The average Bonchev–Trinajstić information content (AvgIpc) is 2.90. The summed E-state index contributed by atoms with van der Waals surface area (Å²) in [4.78, 5) is 28.3. The fourth-order valence-electron chi connectivity index (χ4n) is 3.78. The summed E-state index contributed by atoms with van der Waals surface area (Å²) in [7, 11) is -4.21. The molecule has 1 atom stereocenters. The monoisotopic (exact) mass is 609 g/mol. The second-order valence-corrected chi connectivity index (χ2v) is 12.4. The third kappa shape index (κ3) is 7.66. The molecular weight excluding hydrogens is 581 g/mol. The summed E-state index contributed by atoms with van der Waals surface area (Å²) >= 11 is 19.2. The first-order chi connectivity index (χ1) is 18.4. The second-order valence-electron chi connectivity index (χ2n) is 9.31. The van der Waals surface area contributed by atoms with Crippen molar-refractivity contribution in [1.82, 2.24) is 10.2 Å². The Balaban J connectivity index is 2.05. The number of benzene rings is 3. The highest BCUT2D eigenvalue weighted by atomic mass is 35.5. The Labute approximate surface area is 244 Å². The fourth-order valence-corrected chi connectivity index (χ4v) is 6.03. The fraction of sp³-hybridized carbons (Fsp3) is 0.286. The molecule has 0 radical (unpaired) electrons. The summed E-state index contributed by atoms with van der Waals surface area (Å²) in [5.74, 6) is -0.844. The summed E-state index contributed by atoms with van der Waals surface area (Å²) in [6.45, 7) is 5.15. The van der Waals surface area contributed by atoms with E-state index in [9.17, 15) is 18.0 Å². The van der Waals surface area contributed by atoms with Gasteiger partial charge < -0.3 is 10.2 Å². The van der Waals surface area contributed by atoms with Crippen LogP contribution in [0.4, 0.5) is 5.69 Å². The number of amides is 2. The van der Waals surface area contributed by atoms with Crippen LogP contribution in [-0.2, 0) is 26.2 Å². The molecule has 0 aliphatic carbocycles. The molecule has 208 valence electrons. The van der Waals surface area contributed by atoms with E-state index in [1.165, 1.54) is 29.2 Å². The van der Waals surface area contributed by atoms with Gasteiger partial charge in [0.25, 0.3) is 10.0 Å². The van der Waals surface area contributed by atoms with E-state index in [4.69, 9.17) is 34.8 Å². The quantitative estimate of drug-likeness (QED) is 0.287. The number of nitrogens with zero attached hydrogens (tertiary/aromatic N) is 2. The lowest BCUT2D eigenvalue weighted by Gasteiger charge is -2.32. The summed E-state index contributed by atoms with van der Waals surface area (Å²) in [5, 5.41) is 3.61. The van der Waals surface area contributed by atoms with E-state index in [1.54, 1.807) is 55.5 Å². The molecule has 0 spiro atoms. The second kappa shape index (κ2) is 13.5. The van der Waals surface area contributed by atoms with Gasteiger partial charge in [-0.1, -0.05) is 85.0 Å². The van der Waals surface area contributed by atoms with Crippen LogP contribution in [0.5, 0.6) is 0 Å². The van der Waals surface area contributed by atoms with Crippen LogP contribution < -0.4 is 9.62 Å². The smallest absolute Gasteiger partial charge is 0.264 e. The summed E-state index contributed by atoms with van der Waals surface area (Å²) < 4.78 is 28.5. The summed E-state index contributed by atoms with van der Waals surface area (Å²) in [6, 6.07) is 18.1. The molecule has 0 bridgehead atoms. The zero-order valence-electron chi connectivity index (χ0n) is 21.8. The maximum atomic E-state index is 13.9. The van der Waals surface area contributed by atoms with Gasteiger partial charge in [0, 0.05) is 28.7 Å². The molecule has 2 amide bonds. The average molecular weight is 611 g/mol. The molecule has 0 unspecified atom stereocenters. The molecule has 0 heterocycles. The third-order valence-corrected chi connectivity index (χ3v) is 8.77. The number of carbonyl (C=O) groups excluding carboxylic acids is 2. The molecule has 7 nitrogen and oxygen atoms in total. The van der Waals surface area contributed by atoms with Gasteiger partial charge in [0.15, 0.2) is 0 Å². The Hall–Kier alpha value is -2.78. The van der Waals surface area contributed by atoms with Crippen molar-refractivity contribution in [2.24, 2.45) is 5.92 Å². The largest absolute Gasteiger partial charge is 0.354 e. The molecule has 11 heteroatoms. The number of hydrogen-bond acceptors (Lipinski definition) is 4. The van der Waals surface area contributed by atoms with Crippen LogP contribution in [0, 0.1) is 5.92 Å². The number of hydrogen-bond donors (Lipinski definition) is 1. The predicted octanol–water partition coefficient (Wildman–Crippen LogP) is 6.03. The Kier molecular flexibility index (Phi) is 10.7. The van der Waals surface area contributed by atoms with Gasteiger partial charge in [-0.3, -0.25) is 13.9 Å². The Morgan fingerprint density at radius 3 is 1.97 bits per heavy atom. The number of sulfonamides is 1. The van der Waals surface area contributed by atoms with Crippen LogP contribution in [0.15, 0.2) is 77.7 Å². The zero-order chi connectivity index (χ0) is 28.7. The molecule has 3 aromatic carbocycles. The lowest BCUT2D eigenvalue weighted by atomic mass is 10.1. The van der Waals surface area contributed by atoms with Crippen molar-refractivity contribution in [3.05, 3.63) is 93.4 Å². The molecular formula is C28H30Cl3N3O4S. The zero-order valence-corrected chi connectivity index (χ0v) is 24.9. The first kappa shape index (κ1) is 30.8. The van der Waals surface area contributed by atoms with Gasteiger partial charge in [0.2, 0.25) is 11.8 Å². The highest BCUT2D eigenvalue weighted by Gasteiger charge is 2.33. The van der Waals surface area contributed by atoms with Crippen molar-refractivity contribution in [3.63, 3.8) is 0 Å². The standard InChI is InChI=1S/C28H30Cl3N3O4S/c1-19(2)16-32-28(36)20(3)33(17-22-23(29)13-9-14-24(22)30)27(35)18-34(26-15-8-7-12-25(26)31)39(37,38)21-10-5-4-6-11-21/h4-15,19-20H,16-18H2,1-3H3,(H,32,36)/t20-/m1/s1. The van der Waals surface area contributed by atoms with E-state index in [0.717, 1.165) is 4.31 Å². The molecule has 0 saturated carbocycles. The summed E-state index contributed by atoms with van der Waals surface area (Å²) in [5.41, 5.74) is 0.567. The van der Waals surface area contributed by atoms with Crippen LogP contribution in [0.3, 0.4) is 0 Å². The molecule has 3 aromatic rings. The number of anilines is 1. The van der Waals surface area contributed by atoms with E-state index >= 15 is 0 Å². The van der Waals surface area contributed by atoms with Crippen LogP contribution in [-0.4, -0.2) is 44.3 Å². The van der Waals surface area contributed by atoms with Gasteiger partial charge in [-0.2, -0.15) is 0 Å². The van der Waals surface area contributed by atoms with Crippen molar-refractivity contribution in [1.29, 1.82) is 0 Å². The van der Waals surface area contributed by atoms with Crippen LogP contribution >= 0.6 is 34.8 Å². The lowest BCUT2D eigenvalue weighted by molar-refractivity contribution is -0.139. The topological polar surface area (TPSA) is 86.8 Å². The normalized spacial score (nSPS) is 12.2. The van der Waals surface area contributed by atoms with E-state index < -0.39 is 34.4 Å². The number of carbonyl (C=O) groups is 2. The van der Waals surface area contributed by atoms with Gasteiger partial charge in [-0.05, 0) is 49.2 Å². The molecule has 0 fully saturated rings. The number of halogens is 3. The molecule has 0 saturated heterocycles. The Morgan fingerprint density at radius 1 is 0.821 bits per heavy atom. The highest BCUT2D eigenvalue weighted by Crippen LogP contribution is 2.31. The minimum atomic E-state index is -4.21. The van der Waals surface area contributed by atoms with Crippen LogP contribution in [0.25, 0.3) is 0 Å². The third-order valence-electron chi connectivity index (χ3n) is 5.97. The Bertz CT molecular complexity index is 1400. The van der Waals surface area contributed by atoms with Gasteiger partial charge in [-0.25, -0.2) is 8.42 Å². The van der Waals surface area contributed by atoms with Crippen molar-refractivity contribution in [2.45, 2.75) is 38.3 Å². The minimum Gasteiger partial charge on any atom is -0.354 e. The van der Waals surface area contributed by atoms with Crippen molar-refractivity contribution in [3.8, 4) is 0 Å². The van der Waals surface area contributed by atoms with E-state index in [0.29, 0.717) is 22.2 Å². The van der Waals surface area contributed by atoms with E-state index in [-0.39, 0.29) is 28.1 Å². The van der Waals surface area contributed by atoms with E-state index in [2.05, 4.69) is 5.32 Å². The SMILES string of the molecule is CC(C)CNC(=O)[C@@H](C)N(Cc1c(Cl)cccc1Cl)C(=O)CN(c1ccccc1Cl)S(=O)(=O)c1ccccc1. The van der Waals surface area contributed by atoms with Crippen molar-refractivity contribution >= 4 is 62.3 Å².